The highest BCUT2D eigenvalue weighted by Gasteiger charge is 2.14. The first-order chi connectivity index (χ1) is 21.8. The van der Waals surface area contributed by atoms with Crippen molar-refractivity contribution >= 4 is 66.8 Å². The number of rotatable bonds is 10. The highest BCUT2D eigenvalue weighted by Crippen LogP contribution is 2.28. The van der Waals surface area contributed by atoms with Crippen molar-refractivity contribution in [1.29, 1.82) is 0 Å². The van der Waals surface area contributed by atoms with E-state index in [-0.39, 0.29) is 34.2 Å². The number of H-pyrrole nitrogens is 2. The van der Waals surface area contributed by atoms with E-state index in [0.717, 1.165) is 19.3 Å². The molecule has 228 valence electrons. The second kappa shape index (κ2) is 12.5. The molecule has 6 rings (SSSR count). The number of aromatic hydroxyl groups is 2. The fourth-order valence-corrected chi connectivity index (χ4v) is 5.75. The predicted octanol–water partition coefficient (Wildman–Crippen LogP) is 6.40. The molecule has 2 aromatic heterocycles. The van der Waals surface area contributed by atoms with Crippen LogP contribution in [0.25, 0.3) is 43.6 Å². The SMILES string of the molecule is O=C(CCCCCCCC(=O)Nc1cccc2c(=O)c3cccc(O)c3[nH]c12)Nc1cccc2c(=O)c3cccc(O)c3[nH]c12. The van der Waals surface area contributed by atoms with Gasteiger partial charge in [-0.05, 0) is 61.4 Å². The fraction of sp³-hybridized carbons (Fsp3) is 0.200. The summed E-state index contributed by atoms with van der Waals surface area (Å²) in [5.74, 6) is -0.418. The summed E-state index contributed by atoms with van der Waals surface area (Å²) in [6, 6.07) is 19.8. The molecule has 2 amide bonds. The molecule has 45 heavy (non-hydrogen) atoms. The van der Waals surface area contributed by atoms with E-state index in [0.29, 0.717) is 80.7 Å². The Balaban J connectivity index is 0.977. The van der Waals surface area contributed by atoms with Gasteiger partial charge < -0.3 is 30.8 Å². The highest BCUT2D eigenvalue weighted by molar-refractivity contribution is 6.05. The molecular weight excluding hydrogens is 572 g/mol. The van der Waals surface area contributed by atoms with Crippen LogP contribution >= 0.6 is 0 Å². The van der Waals surface area contributed by atoms with E-state index in [9.17, 15) is 29.4 Å². The molecule has 6 aromatic rings. The van der Waals surface area contributed by atoms with E-state index in [2.05, 4.69) is 20.6 Å². The van der Waals surface area contributed by atoms with Crippen LogP contribution < -0.4 is 21.5 Å². The Labute approximate surface area is 256 Å². The quantitative estimate of drug-likeness (QED) is 0.0783. The van der Waals surface area contributed by atoms with Crippen LogP contribution in [0.3, 0.4) is 0 Å². The van der Waals surface area contributed by atoms with Crippen molar-refractivity contribution < 1.29 is 19.8 Å². The maximum Gasteiger partial charge on any atom is 0.224 e. The zero-order valence-corrected chi connectivity index (χ0v) is 24.4. The van der Waals surface area contributed by atoms with Crippen LogP contribution in [0.1, 0.15) is 44.9 Å². The number of unbranched alkanes of at least 4 members (excludes halogenated alkanes) is 4. The fourth-order valence-electron chi connectivity index (χ4n) is 5.75. The molecule has 0 radical (unpaired) electrons. The summed E-state index contributed by atoms with van der Waals surface area (Å²) in [7, 11) is 0. The molecule has 0 aliphatic carbocycles. The molecule has 0 saturated carbocycles. The van der Waals surface area contributed by atoms with Gasteiger partial charge in [-0.2, -0.15) is 0 Å². The van der Waals surface area contributed by atoms with Crippen LogP contribution in [0.5, 0.6) is 11.5 Å². The van der Waals surface area contributed by atoms with Crippen LogP contribution in [-0.4, -0.2) is 32.0 Å². The summed E-state index contributed by atoms with van der Waals surface area (Å²) in [6.45, 7) is 0. The second-order valence-corrected chi connectivity index (χ2v) is 11.1. The zero-order chi connectivity index (χ0) is 31.5. The Hall–Kier alpha value is -5.64. The maximum atomic E-state index is 12.9. The Bertz CT molecular complexity index is 2060. The smallest absolute Gasteiger partial charge is 0.224 e. The van der Waals surface area contributed by atoms with E-state index < -0.39 is 0 Å². The minimum absolute atomic E-state index is 0.0371. The summed E-state index contributed by atoms with van der Waals surface area (Å²) in [5, 5.41) is 27.8. The molecule has 0 spiro atoms. The second-order valence-electron chi connectivity index (χ2n) is 11.1. The van der Waals surface area contributed by atoms with Gasteiger partial charge in [-0.1, -0.05) is 43.5 Å². The summed E-state index contributed by atoms with van der Waals surface area (Å²) in [6.07, 6.45) is 4.47. The van der Waals surface area contributed by atoms with Gasteiger partial charge >= 0.3 is 0 Å². The number of anilines is 2. The standard InChI is InChI=1S/C35H32N4O6/c40-26-16-8-12-22-32(26)38-30-20(34(22)44)10-6-14-24(30)36-28(42)18-4-2-1-3-5-19-29(43)37-25-15-7-11-21-31(25)39-33-23(35(21)45)13-9-17-27(33)41/h6-17,40-41H,1-5,18-19H2,(H,36,42)(H,37,43)(H,38,44)(H,39,45). The van der Waals surface area contributed by atoms with Crippen molar-refractivity contribution in [3.05, 3.63) is 93.2 Å². The van der Waals surface area contributed by atoms with Crippen LogP contribution in [-0.2, 0) is 9.59 Å². The van der Waals surface area contributed by atoms with Crippen molar-refractivity contribution in [3.63, 3.8) is 0 Å². The number of pyridine rings is 2. The van der Waals surface area contributed by atoms with Crippen LogP contribution in [0.15, 0.2) is 82.4 Å². The van der Waals surface area contributed by atoms with E-state index in [1.807, 2.05) is 0 Å². The molecule has 0 unspecified atom stereocenters. The first-order valence-electron chi connectivity index (χ1n) is 14.9. The minimum Gasteiger partial charge on any atom is -0.506 e. The van der Waals surface area contributed by atoms with Crippen molar-refractivity contribution in [1.82, 2.24) is 9.97 Å². The average molecular weight is 605 g/mol. The van der Waals surface area contributed by atoms with Gasteiger partial charge in [0.05, 0.1) is 33.4 Å². The summed E-state index contributed by atoms with van der Waals surface area (Å²) in [5.41, 5.74) is 2.09. The zero-order valence-electron chi connectivity index (χ0n) is 24.4. The number of aromatic amines is 2. The lowest BCUT2D eigenvalue weighted by molar-refractivity contribution is -0.117. The number of hydrogen-bond acceptors (Lipinski definition) is 6. The van der Waals surface area contributed by atoms with Crippen molar-refractivity contribution in [3.8, 4) is 11.5 Å². The lowest BCUT2D eigenvalue weighted by atomic mass is 10.1. The predicted molar refractivity (Wildman–Crippen MR) is 177 cm³/mol. The van der Waals surface area contributed by atoms with Crippen LogP contribution in [0.2, 0.25) is 0 Å². The number of hydrogen-bond donors (Lipinski definition) is 6. The average Bonchev–Trinajstić information content (AvgIpc) is 3.02. The lowest BCUT2D eigenvalue weighted by Gasteiger charge is -2.11. The summed E-state index contributed by atoms with van der Waals surface area (Å²) >= 11 is 0. The molecule has 0 aliphatic rings. The van der Waals surface area contributed by atoms with Gasteiger partial charge in [0.25, 0.3) is 0 Å². The number of aromatic nitrogens is 2. The molecule has 0 atom stereocenters. The number of para-hydroxylation sites is 4. The summed E-state index contributed by atoms with van der Waals surface area (Å²) < 4.78 is 0. The molecule has 4 aromatic carbocycles. The lowest BCUT2D eigenvalue weighted by Crippen LogP contribution is -2.13. The van der Waals surface area contributed by atoms with E-state index in [1.54, 1.807) is 60.7 Å². The van der Waals surface area contributed by atoms with Crippen LogP contribution in [0.4, 0.5) is 11.4 Å². The van der Waals surface area contributed by atoms with Crippen molar-refractivity contribution in [2.24, 2.45) is 0 Å². The third-order valence-corrected chi connectivity index (χ3v) is 8.05. The molecule has 0 saturated heterocycles. The molecule has 10 heteroatoms. The number of benzene rings is 4. The van der Waals surface area contributed by atoms with E-state index >= 15 is 0 Å². The van der Waals surface area contributed by atoms with Gasteiger partial charge in [0.1, 0.15) is 11.5 Å². The molecule has 10 nitrogen and oxygen atoms in total. The largest absolute Gasteiger partial charge is 0.506 e. The molecule has 0 aliphatic heterocycles. The number of carbonyl (C=O) groups excluding carboxylic acids is 2. The molecule has 0 fully saturated rings. The summed E-state index contributed by atoms with van der Waals surface area (Å²) in [4.78, 5) is 57.5. The van der Waals surface area contributed by atoms with Gasteiger partial charge in [-0.25, -0.2) is 0 Å². The number of carbonyl (C=O) groups is 2. The van der Waals surface area contributed by atoms with Crippen molar-refractivity contribution in [2.75, 3.05) is 10.6 Å². The topological polar surface area (TPSA) is 164 Å². The highest BCUT2D eigenvalue weighted by atomic mass is 16.3. The van der Waals surface area contributed by atoms with E-state index in [4.69, 9.17) is 0 Å². The molecule has 2 heterocycles. The van der Waals surface area contributed by atoms with Gasteiger partial charge in [0.15, 0.2) is 10.9 Å². The Morgan fingerprint density at radius 2 is 0.867 bits per heavy atom. The molecular formula is C35H32N4O6. The molecule has 0 bridgehead atoms. The van der Waals surface area contributed by atoms with Gasteiger partial charge in [0.2, 0.25) is 11.8 Å². The number of fused-ring (bicyclic) bond motifs is 4. The van der Waals surface area contributed by atoms with Crippen LogP contribution in [0, 0.1) is 0 Å². The van der Waals surface area contributed by atoms with Gasteiger partial charge in [-0.15, -0.1) is 0 Å². The number of amides is 2. The Kier molecular flexibility index (Phi) is 8.20. The maximum absolute atomic E-state index is 12.9. The Morgan fingerprint density at radius 3 is 1.29 bits per heavy atom. The van der Waals surface area contributed by atoms with Crippen molar-refractivity contribution in [2.45, 2.75) is 44.9 Å². The molecule has 6 N–H and O–H groups in total. The minimum atomic E-state index is -0.222. The number of nitrogens with one attached hydrogen (secondary N) is 4. The number of phenols is 2. The van der Waals surface area contributed by atoms with E-state index in [1.165, 1.54) is 12.1 Å². The number of phenolic OH excluding ortho intramolecular Hbond substituents is 2. The first kappa shape index (κ1) is 29.4. The third-order valence-electron chi connectivity index (χ3n) is 8.05. The first-order valence-corrected chi connectivity index (χ1v) is 14.9. The normalized spacial score (nSPS) is 11.4. The Morgan fingerprint density at radius 1 is 0.511 bits per heavy atom. The van der Waals surface area contributed by atoms with Gasteiger partial charge in [-0.3, -0.25) is 19.2 Å². The monoisotopic (exact) mass is 604 g/mol. The van der Waals surface area contributed by atoms with Gasteiger partial charge in [0, 0.05) is 34.4 Å². The third kappa shape index (κ3) is 5.95.